The third-order valence-corrected chi connectivity index (χ3v) is 3.06. The molecule has 1 heterocycles. The second-order valence-electron chi connectivity index (χ2n) is 2.48. The first-order valence-corrected chi connectivity index (χ1v) is 5.61. The molecule has 2 rings (SSSR count). The second-order valence-corrected chi connectivity index (χ2v) is 4.89. The van der Waals surface area contributed by atoms with Crippen molar-refractivity contribution in [2.75, 3.05) is 0 Å². The molecule has 1 N–H and O–H groups in total. The molecule has 0 atom stereocenters. The van der Waals surface area contributed by atoms with Gasteiger partial charge in [-0.25, -0.2) is 4.98 Å². The van der Waals surface area contributed by atoms with Crippen LogP contribution in [0.25, 0.3) is 11.0 Å². The zero-order valence-corrected chi connectivity index (χ0v) is 10.6. The van der Waals surface area contributed by atoms with Gasteiger partial charge in [-0.3, -0.25) is 0 Å². The van der Waals surface area contributed by atoms with E-state index in [4.69, 9.17) is 5.26 Å². The fourth-order valence-electron chi connectivity index (χ4n) is 1.10. The number of hydrogen-bond donors (Lipinski definition) is 1. The van der Waals surface area contributed by atoms with Crippen LogP contribution in [0.1, 0.15) is 5.82 Å². The van der Waals surface area contributed by atoms with Crippen molar-refractivity contribution < 1.29 is 0 Å². The fraction of sp³-hybridized carbons (Fsp3) is 0. The van der Waals surface area contributed by atoms with Gasteiger partial charge >= 0.3 is 0 Å². The quantitative estimate of drug-likeness (QED) is 0.698. The molecule has 0 amide bonds. The smallest absolute Gasteiger partial charge is 0.211 e. The average Bonchev–Trinajstić information content (AvgIpc) is 2.47. The monoisotopic (exact) mass is 395 g/mol. The van der Waals surface area contributed by atoms with Crippen LogP contribution in [0, 0.1) is 18.5 Å². The molecule has 64 valence electrons. The molecule has 1 aromatic carbocycles. The standard InChI is InChI=1S/C8H3I2N3/c9-4-1-5(10)8-6(2-4)12-7(3-11)13-8/h1-2H,(H,12,13). The van der Waals surface area contributed by atoms with E-state index in [2.05, 4.69) is 55.1 Å². The van der Waals surface area contributed by atoms with Crippen LogP contribution in [-0.2, 0) is 0 Å². The van der Waals surface area contributed by atoms with Crippen molar-refractivity contribution in [3.63, 3.8) is 0 Å². The molecule has 13 heavy (non-hydrogen) atoms. The normalized spacial score (nSPS) is 10.2. The van der Waals surface area contributed by atoms with Crippen LogP contribution in [0.3, 0.4) is 0 Å². The maximum Gasteiger partial charge on any atom is 0.211 e. The second kappa shape index (κ2) is 3.42. The summed E-state index contributed by atoms with van der Waals surface area (Å²) < 4.78 is 2.21. The van der Waals surface area contributed by atoms with Gasteiger partial charge in [0.2, 0.25) is 5.82 Å². The van der Waals surface area contributed by atoms with Crippen molar-refractivity contribution in [1.82, 2.24) is 9.97 Å². The fourth-order valence-corrected chi connectivity index (χ4v) is 3.06. The lowest BCUT2D eigenvalue weighted by Crippen LogP contribution is -1.78. The van der Waals surface area contributed by atoms with Gasteiger partial charge in [-0.15, -0.1) is 0 Å². The van der Waals surface area contributed by atoms with E-state index in [0.717, 1.165) is 18.2 Å². The maximum atomic E-state index is 8.65. The molecule has 1 aromatic heterocycles. The molecule has 0 spiro atoms. The highest BCUT2D eigenvalue weighted by Gasteiger charge is 2.06. The molecule has 2 aromatic rings. The van der Waals surface area contributed by atoms with Crippen LogP contribution in [0.2, 0.25) is 0 Å². The third kappa shape index (κ3) is 1.65. The van der Waals surface area contributed by atoms with E-state index in [9.17, 15) is 0 Å². The van der Waals surface area contributed by atoms with Crippen LogP contribution in [-0.4, -0.2) is 9.97 Å². The molecule has 5 heteroatoms. The number of aromatic nitrogens is 2. The molecule has 0 aliphatic carbocycles. The Bertz CT molecular complexity index is 510. The number of nitriles is 1. The average molecular weight is 395 g/mol. The van der Waals surface area contributed by atoms with E-state index in [-0.39, 0.29) is 0 Å². The topological polar surface area (TPSA) is 52.5 Å². The third-order valence-electron chi connectivity index (χ3n) is 1.61. The number of rotatable bonds is 0. The van der Waals surface area contributed by atoms with E-state index in [1.165, 1.54) is 0 Å². The molecule has 0 unspecified atom stereocenters. The predicted octanol–water partition coefficient (Wildman–Crippen LogP) is 2.64. The summed E-state index contributed by atoms with van der Waals surface area (Å²) in [6, 6.07) is 6.00. The van der Waals surface area contributed by atoms with E-state index in [0.29, 0.717) is 5.82 Å². The Hall–Kier alpha value is -0.360. The van der Waals surface area contributed by atoms with Crippen LogP contribution < -0.4 is 0 Å². The largest absolute Gasteiger partial charge is 0.329 e. The number of halogens is 2. The minimum atomic E-state index is 0.370. The maximum absolute atomic E-state index is 8.65. The molecule has 0 fully saturated rings. The number of nitrogens with one attached hydrogen (secondary N) is 1. The van der Waals surface area contributed by atoms with Crippen LogP contribution in [0.15, 0.2) is 12.1 Å². The van der Waals surface area contributed by atoms with Crippen molar-refractivity contribution in [1.29, 1.82) is 5.26 Å². The Kier molecular flexibility index (Phi) is 2.42. The van der Waals surface area contributed by atoms with Gasteiger partial charge in [0.15, 0.2) is 0 Å². The Balaban J connectivity index is 2.84. The summed E-state index contributed by atoms with van der Waals surface area (Å²) in [5.41, 5.74) is 1.80. The molecule has 0 bridgehead atoms. The molecule has 0 saturated carbocycles. The Morgan fingerprint density at radius 1 is 1.38 bits per heavy atom. The molecule has 0 saturated heterocycles. The number of fused-ring (bicyclic) bond motifs is 1. The van der Waals surface area contributed by atoms with Crippen molar-refractivity contribution in [2.45, 2.75) is 0 Å². The van der Waals surface area contributed by atoms with Crippen molar-refractivity contribution in [2.24, 2.45) is 0 Å². The minimum absolute atomic E-state index is 0.370. The first-order valence-electron chi connectivity index (χ1n) is 3.45. The van der Waals surface area contributed by atoms with E-state index in [1.807, 2.05) is 18.2 Å². The van der Waals surface area contributed by atoms with Crippen molar-refractivity contribution >= 4 is 56.2 Å². The van der Waals surface area contributed by atoms with Crippen molar-refractivity contribution in [3.05, 3.63) is 25.1 Å². The molecular weight excluding hydrogens is 392 g/mol. The zero-order chi connectivity index (χ0) is 9.42. The first-order chi connectivity index (χ1) is 6.20. The van der Waals surface area contributed by atoms with Gasteiger partial charge in [0.05, 0.1) is 5.52 Å². The van der Waals surface area contributed by atoms with Crippen LogP contribution >= 0.6 is 45.2 Å². The summed E-state index contributed by atoms with van der Waals surface area (Å²) in [6.07, 6.45) is 0. The Morgan fingerprint density at radius 3 is 2.85 bits per heavy atom. The van der Waals surface area contributed by atoms with Gasteiger partial charge in [-0.2, -0.15) is 5.26 Å². The van der Waals surface area contributed by atoms with Crippen LogP contribution in [0.4, 0.5) is 0 Å². The van der Waals surface area contributed by atoms with E-state index >= 15 is 0 Å². The predicted molar refractivity (Wildman–Crippen MR) is 66.2 cm³/mol. The first kappa shape index (κ1) is 9.21. The molecule has 0 aliphatic heterocycles. The van der Waals surface area contributed by atoms with Crippen LogP contribution in [0.5, 0.6) is 0 Å². The highest BCUT2D eigenvalue weighted by Crippen LogP contribution is 2.21. The summed E-state index contributed by atoms with van der Waals surface area (Å²) in [5.74, 6) is 0.370. The van der Waals surface area contributed by atoms with E-state index < -0.39 is 0 Å². The highest BCUT2D eigenvalue weighted by molar-refractivity contribution is 14.1. The van der Waals surface area contributed by atoms with Gasteiger partial charge in [-0.05, 0) is 57.3 Å². The highest BCUT2D eigenvalue weighted by atomic mass is 127. The van der Waals surface area contributed by atoms with Crippen molar-refractivity contribution in [3.8, 4) is 6.07 Å². The zero-order valence-electron chi connectivity index (χ0n) is 6.31. The Morgan fingerprint density at radius 2 is 2.15 bits per heavy atom. The lowest BCUT2D eigenvalue weighted by atomic mass is 10.3. The lowest BCUT2D eigenvalue weighted by Gasteiger charge is -1.93. The van der Waals surface area contributed by atoms with Gasteiger partial charge in [0, 0.05) is 7.14 Å². The summed E-state index contributed by atoms with van der Waals surface area (Å²) in [6.45, 7) is 0. The number of nitrogens with zero attached hydrogens (tertiary/aromatic N) is 2. The summed E-state index contributed by atoms with van der Waals surface area (Å²) in [5, 5.41) is 8.65. The summed E-state index contributed by atoms with van der Waals surface area (Å²) >= 11 is 4.46. The van der Waals surface area contributed by atoms with Gasteiger partial charge in [0.1, 0.15) is 11.6 Å². The lowest BCUT2D eigenvalue weighted by molar-refractivity contribution is 1.25. The number of aromatic amines is 1. The molecular formula is C8H3I2N3. The summed E-state index contributed by atoms with van der Waals surface area (Å²) in [4.78, 5) is 7.09. The Labute approximate surface area is 102 Å². The van der Waals surface area contributed by atoms with Gasteiger partial charge in [-0.1, -0.05) is 0 Å². The number of H-pyrrole nitrogens is 1. The van der Waals surface area contributed by atoms with E-state index in [1.54, 1.807) is 0 Å². The molecule has 0 radical (unpaired) electrons. The SMILES string of the molecule is N#Cc1nc2c(I)cc(I)cc2[nH]1. The summed E-state index contributed by atoms with van der Waals surface area (Å²) in [7, 11) is 0. The van der Waals surface area contributed by atoms with Gasteiger partial charge < -0.3 is 4.98 Å². The number of imidazole rings is 1. The number of hydrogen-bond acceptors (Lipinski definition) is 2. The minimum Gasteiger partial charge on any atom is -0.329 e. The van der Waals surface area contributed by atoms with Gasteiger partial charge in [0.25, 0.3) is 0 Å². The number of benzene rings is 1. The molecule has 3 nitrogen and oxygen atoms in total. The molecule has 0 aliphatic rings.